The van der Waals surface area contributed by atoms with Gasteiger partial charge >= 0.3 is 0 Å². The van der Waals surface area contributed by atoms with Crippen molar-refractivity contribution in [3.8, 4) is 15.8 Å². The van der Waals surface area contributed by atoms with Crippen molar-refractivity contribution in [1.82, 2.24) is 4.98 Å². The van der Waals surface area contributed by atoms with Gasteiger partial charge in [-0.3, -0.25) is 0 Å². The number of allylic oxidation sites excluding steroid dienone is 1. The van der Waals surface area contributed by atoms with Crippen LogP contribution in [0, 0.1) is 16.7 Å². The second-order valence-electron chi connectivity index (χ2n) is 11.0. The Morgan fingerprint density at radius 1 is 1.14 bits per heavy atom. The summed E-state index contributed by atoms with van der Waals surface area (Å²) in [6.45, 7) is 13.3. The number of aliphatic hydroxyl groups is 1. The highest BCUT2D eigenvalue weighted by molar-refractivity contribution is 7.30. The number of nitriles is 1. The SMILES string of the molecule is CC(C)(C)CCN(CCO)c1cc2c(s1)-c1sc(/C=C(\C#N)c3nc4ccccc4o3)cc1[Si]2(C)C. The lowest BCUT2D eigenvalue weighted by atomic mass is 9.92. The lowest BCUT2D eigenvalue weighted by Crippen LogP contribution is -2.48. The molecule has 8 heteroatoms. The minimum atomic E-state index is -1.85. The minimum Gasteiger partial charge on any atom is -0.435 e. The smallest absolute Gasteiger partial charge is 0.238 e. The van der Waals surface area contributed by atoms with E-state index in [1.54, 1.807) is 11.3 Å². The maximum Gasteiger partial charge on any atom is 0.238 e. The summed E-state index contributed by atoms with van der Waals surface area (Å²) in [6.07, 6.45) is 2.98. The molecule has 1 aliphatic rings. The van der Waals surface area contributed by atoms with Crippen LogP contribution in [0.25, 0.3) is 32.5 Å². The first-order valence-electron chi connectivity index (χ1n) is 12.2. The normalized spacial score (nSPS) is 14.6. The standard InChI is InChI=1S/C28H31N3O2S2Si/c1-28(2,3)10-11-31(12-13-32)24-16-23-26(35-24)25-22(36(23,4)5)15-19(34-25)14-18(17-29)27-30-20-8-6-7-9-21(20)33-27/h6-9,14-16,32H,10-13H2,1-5H3/b18-14+. The number of benzene rings is 1. The van der Waals surface area contributed by atoms with Crippen molar-refractivity contribution < 1.29 is 9.52 Å². The first-order chi connectivity index (χ1) is 17.1. The molecule has 5 rings (SSSR count). The highest BCUT2D eigenvalue weighted by Gasteiger charge is 2.41. The Hall–Kier alpha value is -2.70. The number of para-hydroxylation sites is 2. The van der Waals surface area contributed by atoms with E-state index >= 15 is 0 Å². The Balaban J connectivity index is 1.49. The van der Waals surface area contributed by atoms with Crippen LogP contribution in [0.5, 0.6) is 0 Å². The van der Waals surface area contributed by atoms with E-state index in [1.807, 2.05) is 41.7 Å². The molecule has 0 amide bonds. The molecule has 0 bridgehead atoms. The van der Waals surface area contributed by atoms with E-state index in [0.29, 0.717) is 23.6 Å². The molecule has 0 atom stereocenters. The van der Waals surface area contributed by atoms with E-state index in [9.17, 15) is 10.4 Å². The second kappa shape index (κ2) is 9.31. The van der Waals surface area contributed by atoms with E-state index in [0.717, 1.165) is 23.4 Å². The Morgan fingerprint density at radius 2 is 1.86 bits per heavy atom. The maximum atomic E-state index is 9.87. The van der Waals surface area contributed by atoms with Crippen molar-refractivity contribution in [3.63, 3.8) is 0 Å². The van der Waals surface area contributed by atoms with Crippen LogP contribution in [0.2, 0.25) is 13.1 Å². The highest BCUT2D eigenvalue weighted by atomic mass is 32.1. The number of hydrogen-bond donors (Lipinski definition) is 1. The van der Waals surface area contributed by atoms with Crippen LogP contribution in [-0.2, 0) is 0 Å². The van der Waals surface area contributed by atoms with Crippen molar-refractivity contribution >= 4 is 68.9 Å². The van der Waals surface area contributed by atoms with Crippen LogP contribution in [-0.4, -0.2) is 37.9 Å². The van der Waals surface area contributed by atoms with E-state index in [2.05, 4.69) is 62.0 Å². The Morgan fingerprint density at radius 3 is 2.56 bits per heavy atom. The molecule has 0 spiro atoms. The molecule has 0 aliphatic carbocycles. The van der Waals surface area contributed by atoms with Gasteiger partial charge in [-0.1, -0.05) is 46.0 Å². The van der Waals surface area contributed by atoms with Crippen LogP contribution in [0.15, 0.2) is 40.8 Å². The van der Waals surface area contributed by atoms with Crippen LogP contribution < -0.4 is 15.3 Å². The molecule has 1 N–H and O–H groups in total. The molecule has 4 heterocycles. The number of oxazole rings is 1. The van der Waals surface area contributed by atoms with Gasteiger partial charge < -0.3 is 14.4 Å². The van der Waals surface area contributed by atoms with Crippen LogP contribution in [0.4, 0.5) is 5.00 Å². The minimum absolute atomic E-state index is 0.152. The first kappa shape index (κ1) is 25.0. The van der Waals surface area contributed by atoms with Crippen LogP contribution >= 0.6 is 22.7 Å². The zero-order valence-electron chi connectivity index (χ0n) is 21.4. The van der Waals surface area contributed by atoms with Gasteiger partial charge in [-0.05, 0) is 52.6 Å². The lowest BCUT2D eigenvalue weighted by Gasteiger charge is -2.27. The first-order valence-corrected chi connectivity index (χ1v) is 16.9. The van der Waals surface area contributed by atoms with Gasteiger partial charge in [0.15, 0.2) is 5.58 Å². The molecular weight excluding hydrogens is 503 g/mol. The molecule has 1 aromatic carbocycles. The summed E-state index contributed by atoms with van der Waals surface area (Å²) in [7, 11) is -1.85. The molecular formula is C28H31N3O2S2Si. The molecule has 5 nitrogen and oxygen atoms in total. The molecule has 0 saturated heterocycles. The van der Waals surface area contributed by atoms with Gasteiger partial charge in [0.2, 0.25) is 5.89 Å². The number of aromatic nitrogens is 1. The number of rotatable bonds is 7. The Labute approximate surface area is 221 Å². The average Bonchev–Trinajstić information content (AvgIpc) is 3.57. The summed E-state index contributed by atoms with van der Waals surface area (Å²) in [6, 6.07) is 14.5. The molecule has 0 radical (unpaired) electrons. The second-order valence-corrected chi connectivity index (χ2v) is 17.5. The maximum absolute atomic E-state index is 9.87. The quantitative estimate of drug-likeness (QED) is 0.231. The fraction of sp³-hybridized carbons (Fsp3) is 0.357. The summed E-state index contributed by atoms with van der Waals surface area (Å²) < 4.78 is 5.85. The van der Waals surface area contributed by atoms with E-state index in [4.69, 9.17) is 4.42 Å². The number of anilines is 1. The molecule has 1 aliphatic heterocycles. The molecule has 0 saturated carbocycles. The topological polar surface area (TPSA) is 73.3 Å². The lowest BCUT2D eigenvalue weighted by molar-refractivity contribution is 0.297. The third-order valence-electron chi connectivity index (χ3n) is 6.77. The number of nitrogens with zero attached hydrogens (tertiary/aromatic N) is 3. The van der Waals surface area contributed by atoms with Crippen molar-refractivity contribution in [3.05, 3.63) is 47.2 Å². The van der Waals surface area contributed by atoms with Crippen LogP contribution in [0.3, 0.4) is 0 Å². The van der Waals surface area contributed by atoms with Gasteiger partial charge in [-0.15, -0.1) is 22.7 Å². The number of thiophene rings is 2. The molecule has 186 valence electrons. The van der Waals surface area contributed by atoms with Crippen LogP contribution in [0.1, 0.15) is 38.0 Å². The zero-order chi connectivity index (χ0) is 25.7. The third-order valence-corrected chi connectivity index (χ3v) is 13.1. The predicted molar refractivity (Wildman–Crippen MR) is 155 cm³/mol. The molecule has 4 aromatic rings. The highest BCUT2D eigenvalue weighted by Crippen LogP contribution is 2.43. The summed E-state index contributed by atoms with van der Waals surface area (Å²) in [5.74, 6) is 0.362. The number of hydrogen-bond acceptors (Lipinski definition) is 7. The molecule has 0 fully saturated rings. The fourth-order valence-corrected chi connectivity index (χ4v) is 11.8. The van der Waals surface area contributed by atoms with Crippen molar-refractivity contribution in [2.75, 3.05) is 24.6 Å². The molecule has 3 aromatic heterocycles. The summed E-state index contributed by atoms with van der Waals surface area (Å²) >= 11 is 3.59. The Kier molecular flexibility index (Phi) is 6.46. The number of aliphatic hydroxyl groups excluding tert-OH is 1. The van der Waals surface area contributed by atoms with Gasteiger partial charge in [0.25, 0.3) is 0 Å². The Bertz CT molecular complexity index is 1460. The van der Waals surface area contributed by atoms with Gasteiger partial charge in [0.1, 0.15) is 25.2 Å². The van der Waals surface area contributed by atoms with Gasteiger partial charge in [-0.25, -0.2) is 4.98 Å². The zero-order valence-corrected chi connectivity index (χ0v) is 24.0. The summed E-state index contributed by atoms with van der Waals surface area (Å²) in [4.78, 5) is 10.6. The largest absolute Gasteiger partial charge is 0.435 e. The van der Waals surface area contributed by atoms with Crippen molar-refractivity contribution in [2.45, 2.75) is 40.3 Å². The van der Waals surface area contributed by atoms with Gasteiger partial charge in [-0.2, -0.15) is 5.26 Å². The predicted octanol–water partition coefficient (Wildman–Crippen LogP) is 6.05. The molecule has 36 heavy (non-hydrogen) atoms. The van der Waals surface area contributed by atoms with E-state index < -0.39 is 8.07 Å². The van der Waals surface area contributed by atoms with E-state index in [-0.39, 0.29) is 12.0 Å². The van der Waals surface area contributed by atoms with Crippen molar-refractivity contribution in [1.29, 1.82) is 5.26 Å². The fourth-order valence-electron chi connectivity index (χ4n) is 4.62. The van der Waals surface area contributed by atoms with Gasteiger partial charge in [0, 0.05) is 27.7 Å². The van der Waals surface area contributed by atoms with E-state index in [1.165, 1.54) is 25.1 Å². The summed E-state index contributed by atoms with van der Waals surface area (Å²) in [5, 5.41) is 23.7. The average molecular weight is 534 g/mol. The third kappa shape index (κ3) is 4.57. The van der Waals surface area contributed by atoms with Gasteiger partial charge in [0.05, 0.1) is 11.6 Å². The monoisotopic (exact) mass is 533 g/mol. The molecule has 0 unspecified atom stereocenters. The number of fused-ring (bicyclic) bond motifs is 4. The van der Waals surface area contributed by atoms with Crippen molar-refractivity contribution in [2.24, 2.45) is 5.41 Å². The summed E-state index contributed by atoms with van der Waals surface area (Å²) in [5.41, 5.74) is 2.13.